The van der Waals surface area contributed by atoms with Crippen molar-refractivity contribution in [1.29, 1.82) is 0 Å². The molecule has 28 heavy (non-hydrogen) atoms. The summed E-state index contributed by atoms with van der Waals surface area (Å²) in [5.41, 5.74) is 2.91. The Kier molecular flexibility index (Phi) is 7.00. The van der Waals surface area contributed by atoms with Gasteiger partial charge in [-0.25, -0.2) is 0 Å². The van der Waals surface area contributed by atoms with Gasteiger partial charge in [-0.15, -0.1) is 0 Å². The van der Waals surface area contributed by atoms with Crippen molar-refractivity contribution >= 4 is 29.1 Å². The second-order valence-electron chi connectivity index (χ2n) is 6.74. The van der Waals surface area contributed by atoms with Crippen LogP contribution in [0.2, 0.25) is 10.0 Å². The van der Waals surface area contributed by atoms with Crippen molar-refractivity contribution in [3.05, 3.63) is 64.7 Å². The van der Waals surface area contributed by atoms with E-state index in [9.17, 15) is 4.79 Å². The lowest BCUT2D eigenvalue weighted by Gasteiger charge is -2.34. The lowest BCUT2D eigenvalue weighted by molar-refractivity contribution is -0.127. The van der Waals surface area contributed by atoms with Crippen LogP contribution in [-0.4, -0.2) is 55.5 Å². The highest BCUT2D eigenvalue weighted by molar-refractivity contribution is 6.36. The summed E-state index contributed by atoms with van der Waals surface area (Å²) in [5.74, 6) is 0.782. The lowest BCUT2D eigenvalue weighted by Crippen LogP contribution is -2.48. The van der Waals surface area contributed by atoms with Crippen LogP contribution in [0, 0.1) is 0 Å². The Balaban J connectivity index is 1.73. The van der Waals surface area contributed by atoms with Crippen LogP contribution >= 0.6 is 23.2 Å². The number of carbonyl (C=O) groups is 1. The van der Waals surface area contributed by atoms with Gasteiger partial charge in [0.2, 0.25) is 5.91 Å². The second-order valence-corrected chi connectivity index (χ2v) is 7.56. The Bertz CT molecular complexity index is 862. The molecule has 0 atom stereocenters. The number of carbonyl (C=O) groups excluding carboxylic acids is 1. The van der Waals surface area contributed by atoms with E-state index in [4.69, 9.17) is 27.9 Å². The molecular formula is C22H24Cl2N2O2. The minimum absolute atomic E-state index is 0.00315. The van der Waals surface area contributed by atoms with E-state index in [1.807, 2.05) is 35.2 Å². The Morgan fingerprint density at radius 1 is 1.11 bits per heavy atom. The van der Waals surface area contributed by atoms with E-state index >= 15 is 0 Å². The Hall–Kier alpha value is -2.01. The Morgan fingerprint density at radius 2 is 1.82 bits per heavy atom. The minimum Gasteiger partial charge on any atom is -0.496 e. The van der Waals surface area contributed by atoms with Crippen molar-refractivity contribution in [2.45, 2.75) is 6.42 Å². The van der Waals surface area contributed by atoms with Crippen molar-refractivity contribution in [2.75, 3.05) is 39.8 Å². The van der Waals surface area contributed by atoms with Crippen molar-refractivity contribution in [2.24, 2.45) is 0 Å². The number of methoxy groups -OCH3 is 1. The van der Waals surface area contributed by atoms with Crippen LogP contribution in [0.1, 0.15) is 5.56 Å². The van der Waals surface area contributed by atoms with Gasteiger partial charge in [-0.05, 0) is 36.3 Å². The average Bonchev–Trinajstić information content (AvgIpc) is 2.73. The molecule has 1 aliphatic heterocycles. The summed E-state index contributed by atoms with van der Waals surface area (Å²) in [5, 5.41) is 1.29. The molecule has 0 aromatic heterocycles. The molecule has 0 saturated carbocycles. The van der Waals surface area contributed by atoms with E-state index in [2.05, 4.69) is 17.5 Å². The molecule has 0 radical (unpaired) electrons. The summed E-state index contributed by atoms with van der Waals surface area (Å²) in [6.07, 6.45) is 2.21. The topological polar surface area (TPSA) is 32.8 Å². The number of halogens is 2. The largest absolute Gasteiger partial charge is 0.496 e. The number of hydrogen-bond donors (Lipinski definition) is 0. The minimum atomic E-state index is 0.00315. The second kappa shape index (κ2) is 9.46. The zero-order valence-electron chi connectivity index (χ0n) is 16.0. The van der Waals surface area contributed by atoms with Gasteiger partial charge in [0.15, 0.2) is 0 Å². The standard InChI is InChI=1S/C22H24Cl2N2O2/c1-3-22(27)26-12-10-25(11-13-26)9-8-16-14-18(20(24)15-21(16)28-2)17-6-4-5-7-19(17)23/h3-7,14-15H,1,8-13H2,2H3. The molecule has 1 amide bonds. The zero-order valence-corrected chi connectivity index (χ0v) is 17.5. The van der Waals surface area contributed by atoms with E-state index in [1.54, 1.807) is 7.11 Å². The molecule has 0 unspecified atom stereocenters. The van der Waals surface area contributed by atoms with E-state index in [1.165, 1.54) is 6.08 Å². The van der Waals surface area contributed by atoms with Gasteiger partial charge < -0.3 is 9.64 Å². The quantitative estimate of drug-likeness (QED) is 0.645. The number of benzene rings is 2. The normalized spacial score (nSPS) is 14.8. The Morgan fingerprint density at radius 3 is 2.46 bits per heavy atom. The number of nitrogens with zero attached hydrogens (tertiary/aromatic N) is 2. The number of hydrogen-bond acceptors (Lipinski definition) is 3. The fraction of sp³-hybridized carbons (Fsp3) is 0.318. The molecule has 0 spiro atoms. The number of rotatable bonds is 6. The molecule has 2 aromatic carbocycles. The molecule has 6 heteroatoms. The Labute approximate surface area is 176 Å². The zero-order chi connectivity index (χ0) is 20.1. The lowest BCUT2D eigenvalue weighted by atomic mass is 10.0. The van der Waals surface area contributed by atoms with Gasteiger partial charge in [0.25, 0.3) is 0 Å². The first-order valence-corrected chi connectivity index (χ1v) is 10.0. The van der Waals surface area contributed by atoms with Crippen LogP contribution in [0.4, 0.5) is 0 Å². The highest BCUT2D eigenvalue weighted by Gasteiger charge is 2.20. The summed E-state index contributed by atoms with van der Waals surface area (Å²) in [4.78, 5) is 15.9. The molecule has 1 saturated heterocycles. The van der Waals surface area contributed by atoms with Crippen LogP contribution in [0.5, 0.6) is 5.75 Å². The summed E-state index contributed by atoms with van der Waals surface area (Å²) in [6.45, 7) is 7.61. The molecule has 4 nitrogen and oxygen atoms in total. The highest BCUT2D eigenvalue weighted by Crippen LogP contribution is 2.37. The highest BCUT2D eigenvalue weighted by atomic mass is 35.5. The molecule has 3 rings (SSSR count). The van der Waals surface area contributed by atoms with Gasteiger partial charge >= 0.3 is 0 Å². The summed E-state index contributed by atoms with van der Waals surface area (Å²) >= 11 is 12.9. The first kappa shape index (κ1) is 20.7. The molecule has 0 N–H and O–H groups in total. The van der Waals surface area contributed by atoms with Crippen LogP contribution < -0.4 is 4.74 Å². The SMILES string of the molecule is C=CC(=O)N1CCN(CCc2cc(-c3ccccc3Cl)c(Cl)cc2OC)CC1. The van der Waals surface area contributed by atoms with Crippen LogP contribution in [-0.2, 0) is 11.2 Å². The maximum atomic E-state index is 11.7. The maximum Gasteiger partial charge on any atom is 0.246 e. The molecule has 1 heterocycles. The predicted octanol–water partition coefficient (Wildman–Crippen LogP) is 4.54. The molecule has 1 aliphatic rings. The molecular weight excluding hydrogens is 395 g/mol. The van der Waals surface area contributed by atoms with Gasteiger partial charge in [-0.1, -0.05) is 48.0 Å². The van der Waals surface area contributed by atoms with Gasteiger partial charge in [0, 0.05) is 48.9 Å². The smallest absolute Gasteiger partial charge is 0.246 e. The number of ether oxygens (including phenoxy) is 1. The number of piperazine rings is 1. The maximum absolute atomic E-state index is 11.7. The fourth-order valence-corrected chi connectivity index (χ4v) is 3.96. The van der Waals surface area contributed by atoms with Crippen molar-refractivity contribution in [1.82, 2.24) is 9.80 Å². The average molecular weight is 419 g/mol. The fourth-order valence-electron chi connectivity index (χ4n) is 3.47. The predicted molar refractivity (Wildman–Crippen MR) is 115 cm³/mol. The van der Waals surface area contributed by atoms with E-state index in [0.717, 1.165) is 61.6 Å². The van der Waals surface area contributed by atoms with Crippen LogP contribution in [0.15, 0.2) is 49.1 Å². The van der Waals surface area contributed by atoms with Gasteiger partial charge in [0.05, 0.1) is 12.1 Å². The summed E-state index contributed by atoms with van der Waals surface area (Å²) in [7, 11) is 1.66. The molecule has 148 valence electrons. The van der Waals surface area contributed by atoms with Gasteiger partial charge in [-0.2, -0.15) is 0 Å². The third kappa shape index (κ3) is 4.69. The van der Waals surface area contributed by atoms with Crippen LogP contribution in [0.3, 0.4) is 0 Å². The van der Waals surface area contributed by atoms with Crippen molar-refractivity contribution in [3.8, 4) is 16.9 Å². The van der Waals surface area contributed by atoms with Crippen LogP contribution in [0.25, 0.3) is 11.1 Å². The molecule has 0 aliphatic carbocycles. The summed E-state index contributed by atoms with van der Waals surface area (Å²) < 4.78 is 5.55. The monoisotopic (exact) mass is 418 g/mol. The van der Waals surface area contributed by atoms with Gasteiger partial charge in [-0.3, -0.25) is 9.69 Å². The van der Waals surface area contributed by atoms with E-state index in [0.29, 0.717) is 10.0 Å². The third-order valence-corrected chi connectivity index (χ3v) is 5.73. The molecule has 2 aromatic rings. The summed E-state index contributed by atoms with van der Waals surface area (Å²) in [6, 6.07) is 11.6. The third-order valence-electron chi connectivity index (χ3n) is 5.09. The van der Waals surface area contributed by atoms with Crippen molar-refractivity contribution in [3.63, 3.8) is 0 Å². The number of amides is 1. The first-order chi connectivity index (χ1) is 13.5. The van der Waals surface area contributed by atoms with Crippen molar-refractivity contribution < 1.29 is 9.53 Å². The molecule has 1 fully saturated rings. The molecule has 0 bridgehead atoms. The van der Waals surface area contributed by atoms with Gasteiger partial charge in [0.1, 0.15) is 5.75 Å². The van der Waals surface area contributed by atoms with E-state index < -0.39 is 0 Å². The first-order valence-electron chi connectivity index (χ1n) is 9.28. The van der Waals surface area contributed by atoms with E-state index in [-0.39, 0.29) is 5.91 Å².